The molecule has 1 aromatic carbocycles. The highest BCUT2D eigenvalue weighted by molar-refractivity contribution is 5.97. The molecule has 4 rings (SSSR count). The SMILES string of the molecule is CC(C)[C@H](C[C@H](O)CN(C)C)N1CC2(CCN(c3ncnnc3Oc3ccc(F)cc3C(=O)N(C(C)C)C(C)C)C2)C1.O=C(O)/C=C/C(=O)O. The summed E-state index contributed by atoms with van der Waals surface area (Å²) in [5.41, 5.74) is 0.270. The Kier molecular flexibility index (Phi) is 14.2. The Morgan fingerprint density at radius 3 is 2.18 bits per heavy atom. The van der Waals surface area contributed by atoms with Crippen LogP contribution in [0.4, 0.5) is 10.2 Å². The third-order valence-corrected chi connectivity index (χ3v) is 8.81. The zero-order chi connectivity index (χ0) is 37.3. The van der Waals surface area contributed by atoms with Gasteiger partial charge in [0, 0.05) is 68.4 Å². The van der Waals surface area contributed by atoms with Crippen molar-refractivity contribution in [1.82, 2.24) is 29.9 Å². The minimum atomic E-state index is -1.26. The number of aliphatic carboxylic acids is 2. The first-order valence-corrected chi connectivity index (χ1v) is 16.9. The van der Waals surface area contributed by atoms with E-state index in [1.54, 1.807) is 4.90 Å². The second-order valence-electron chi connectivity index (χ2n) is 14.3. The molecule has 2 aliphatic heterocycles. The van der Waals surface area contributed by atoms with E-state index in [1.807, 2.05) is 46.7 Å². The van der Waals surface area contributed by atoms with E-state index in [9.17, 15) is 23.9 Å². The lowest BCUT2D eigenvalue weighted by molar-refractivity contribution is -0.134. The summed E-state index contributed by atoms with van der Waals surface area (Å²) in [4.78, 5) is 45.5. The number of aromatic nitrogens is 3. The maximum atomic E-state index is 14.3. The Balaban J connectivity index is 0.000000753. The van der Waals surface area contributed by atoms with Gasteiger partial charge in [-0.2, -0.15) is 0 Å². The Morgan fingerprint density at radius 1 is 1.02 bits per heavy atom. The molecular formula is C35H52FN7O7. The van der Waals surface area contributed by atoms with Gasteiger partial charge in [0.25, 0.3) is 11.8 Å². The average molecular weight is 702 g/mol. The van der Waals surface area contributed by atoms with Crippen LogP contribution in [-0.2, 0) is 9.59 Å². The molecule has 1 spiro atoms. The number of anilines is 1. The van der Waals surface area contributed by atoms with Gasteiger partial charge in [-0.25, -0.2) is 19.0 Å². The summed E-state index contributed by atoms with van der Waals surface area (Å²) in [5, 5.41) is 34.4. The van der Waals surface area contributed by atoms with Crippen molar-refractivity contribution < 1.29 is 38.8 Å². The maximum Gasteiger partial charge on any atom is 0.328 e. The topological polar surface area (TPSA) is 173 Å². The van der Waals surface area contributed by atoms with Crippen LogP contribution in [-0.4, -0.2) is 134 Å². The summed E-state index contributed by atoms with van der Waals surface area (Å²) in [6.45, 7) is 16.4. The number of likely N-dealkylation sites (tertiary alicyclic amines) is 1. The normalized spacial score (nSPS) is 16.9. The van der Waals surface area contributed by atoms with Crippen LogP contribution < -0.4 is 9.64 Å². The summed E-state index contributed by atoms with van der Waals surface area (Å²) >= 11 is 0. The molecule has 1 amide bonds. The summed E-state index contributed by atoms with van der Waals surface area (Å²) in [5.74, 6) is -1.92. The molecule has 15 heteroatoms. The monoisotopic (exact) mass is 701 g/mol. The number of rotatable bonds is 14. The largest absolute Gasteiger partial charge is 0.478 e. The van der Waals surface area contributed by atoms with E-state index in [4.69, 9.17) is 14.9 Å². The lowest BCUT2D eigenvalue weighted by Gasteiger charge is -2.53. The number of aliphatic hydroxyl groups is 1. The van der Waals surface area contributed by atoms with Crippen molar-refractivity contribution in [2.45, 2.75) is 78.6 Å². The van der Waals surface area contributed by atoms with Crippen LogP contribution in [0.25, 0.3) is 0 Å². The molecule has 3 heterocycles. The van der Waals surface area contributed by atoms with Crippen LogP contribution >= 0.6 is 0 Å². The molecule has 2 saturated heterocycles. The van der Waals surface area contributed by atoms with Gasteiger partial charge in [0.15, 0.2) is 5.82 Å². The number of hydrogen-bond donors (Lipinski definition) is 3. The number of carbonyl (C=O) groups excluding carboxylic acids is 1. The number of benzene rings is 1. The van der Waals surface area contributed by atoms with Gasteiger partial charge in [0.1, 0.15) is 17.9 Å². The van der Waals surface area contributed by atoms with Crippen LogP contribution in [0, 0.1) is 17.2 Å². The molecule has 0 unspecified atom stereocenters. The van der Waals surface area contributed by atoms with Crippen molar-refractivity contribution in [2.75, 3.05) is 51.7 Å². The van der Waals surface area contributed by atoms with Gasteiger partial charge in [-0.1, -0.05) is 13.8 Å². The molecule has 276 valence electrons. The zero-order valence-electron chi connectivity index (χ0n) is 30.3. The number of carboxylic acid groups (broad SMARTS) is 2. The van der Waals surface area contributed by atoms with Crippen molar-refractivity contribution >= 4 is 23.7 Å². The summed E-state index contributed by atoms with van der Waals surface area (Å²) in [7, 11) is 3.97. The summed E-state index contributed by atoms with van der Waals surface area (Å²) < 4.78 is 20.5. The average Bonchev–Trinajstić information content (AvgIpc) is 3.44. The number of carboxylic acids is 2. The number of amides is 1. The third-order valence-electron chi connectivity index (χ3n) is 8.81. The lowest BCUT2D eigenvalue weighted by atomic mass is 9.76. The van der Waals surface area contributed by atoms with Crippen LogP contribution in [0.15, 0.2) is 36.7 Å². The first-order chi connectivity index (χ1) is 23.4. The Labute approximate surface area is 293 Å². The molecule has 0 radical (unpaired) electrons. The molecule has 0 bridgehead atoms. The molecule has 0 aliphatic carbocycles. The van der Waals surface area contributed by atoms with Crippen LogP contribution in [0.3, 0.4) is 0 Å². The van der Waals surface area contributed by atoms with Crippen molar-refractivity contribution in [3.05, 3.63) is 48.1 Å². The van der Waals surface area contributed by atoms with Gasteiger partial charge < -0.3 is 34.8 Å². The van der Waals surface area contributed by atoms with Crippen molar-refractivity contribution in [3.63, 3.8) is 0 Å². The van der Waals surface area contributed by atoms with Gasteiger partial charge in [0.2, 0.25) is 0 Å². The van der Waals surface area contributed by atoms with E-state index in [0.29, 0.717) is 36.5 Å². The van der Waals surface area contributed by atoms with Gasteiger partial charge in [0.05, 0.1) is 11.7 Å². The predicted molar refractivity (Wildman–Crippen MR) is 186 cm³/mol. The second kappa shape index (κ2) is 17.6. The fourth-order valence-electron chi connectivity index (χ4n) is 6.79. The van der Waals surface area contributed by atoms with E-state index in [-0.39, 0.29) is 46.7 Å². The van der Waals surface area contributed by atoms with Crippen molar-refractivity contribution in [3.8, 4) is 11.6 Å². The highest BCUT2D eigenvalue weighted by atomic mass is 19.1. The third kappa shape index (κ3) is 10.9. The van der Waals surface area contributed by atoms with Gasteiger partial charge in [-0.3, -0.25) is 9.69 Å². The number of halogens is 1. The molecule has 50 heavy (non-hydrogen) atoms. The molecule has 2 atom stereocenters. The molecule has 1 aromatic heterocycles. The van der Waals surface area contributed by atoms with E-state index in [1.165, 1.54) is 24.5 Å². The molecule has 0 saturated carbocycles. The lowest BCUT2D eigenvalue weighted by Crippen LogP contribution is -2.62. The number of ether oxygens (including phenoxy) is 1. The number of nitrogens with zero attached hydrogens (tertiary/aromatic N) is 7. The highest BCUT2D eigenvalue weighted by Gasteiger charge is 2.50. The minimum absolute atomic E-state index is 0.0725. The fraction of sp³-hybridized carbons (Fsp3) is 0.600. The number of carbonyl (C=O) groups is 3. The molecule has 2 aromatic rings. The number of aliphatic hydroxyl groups excluding tert-OH is 1. The number of likely N-dealkylation sites (N-methyl/N-ethyl adjacent to an activating group) is 1. The van der Waals surface area contributed by atoms with Crippen LogP contribution in [0.1, 0.15) is 64.7 Å². The van der Waals surface area contributed by atoms with E-state index < -0.39 is 17.8 Å². The minimum Gasteiger partial charge on any atom is -0.478 e. The van der Waals surface area contributed by atoms with Crippen molar-refractivity contribution in [2.24, 2.45) is 11.3 Å². The Bertz CT molecular complexity index is 1470. The summed E-state index contributed by atoms with van der Waals surface area (Å²) in [6.07, 6.45) is 3.93. The van der Waals surface area contributed by atoms with E-state index in [2.05, 4.69) is 38.8 Å². The van der Waals surface area contributed by atoms with Crippen molar-refractivity contribution in [1.29, 1.82) is 0 Å². The molecule has 3 N–H and O–H groups in total. The Hall–Kier alpha value is -4.21. The molecule has 2 aliphatic rings. The van der Waals surface area contributed by atoms with Crippen LogP contribution in [0.2, 0.25) is 0 Å². The zero-order valence-corrected chi connectivity index (χ0v) is 30.3. The molecular weight excluding hydrogens is 649 g/mol. The Morgan fingerprint density at radius 2 is 1.64 bits per heavy atom. The fourth-order valence-corrected chi connectivity index (χ4v) is 6.79. The van der Waals surface area contributed by atoms with E-state index in [0.717, 1.165) is 39.0 Å². The standard InChI is InChI=1S/C31H48FN7O3.C4H4O4/c1-20(2)26(14-24(40)15-36(7)8)38-17-31(18-38)11-12-37(16-31)28-29(35-34-19-33-28)42-27-10-9-23(32)13-25(27)30(41)39(21(3)4)22(5)6;5-3(6)1-2-4(7)8/h9-10,13,19-22,24,26,40H,11-12,14-18H2,1-8H3;1-2H,(H,5,6)(H,7,8)/b;2-1+/t24-,26-;/m0./s1. The predicted octanol–water partition coefficient (Wildman–Crippen LogP) is 3.62. The summed E-state index contributed by atoms with van der Waals surface area (Å²) in [6, 6.07) is 4.14. The molecule has 14 nitrogen and oxygen atoms in total. The van der Waals surface area contributed by atoms with E-state index >= 15 is 0 Å². The number of hydrogen-bond acceptors (Lipinski definition) is 11. The first-order valence-electron chi connectivity index (χ1n) is 16.9. The second-order valence-corrected chi connectivity index (χ2v) is 14.3. The van der Waals surface area contributed by atoms with Gasteiger partial charge in [-0.05, 0) is 78.7 Å². The van der Waals surface area contributed by atoms with Gasteiger partial charge >= 0.3 is 11.9 Å². The van der Waals surface area contributed by atoms with Gasteiger partial charge in [-0.15, -0.1) is 10.2 Å². The quantitative estimate of drug-likeness (QED) is 0.244. The highest BCUT2D eigenvalue weighted by Crippen LogP contribution is 2.44. The maximum absolute atomic E-state index is 14.3. The van der Waals surface area contributed by atoms with Crippen LogP contribution in [0.5, 0.6) is 11.6 Å². The molecule has 2 fully saturated rings. The smallest absolute Gasteiger partial charge is 0.328 e. The first kappa shape index (κ1) is 40.2.